The van der Waals surface area contributed by atoms with Crippen LogP contribution in [0.1, 0.15) is 11.6 Å². The number of fused-ring (bicyclic) bond motifs is 1. The van der Waals surface area contributed by atoms with Crippen molar-refractivity contribution < 1.29 is 9.18 Å². The molecule has 2 aromatic rings. The third-order valence-corrected chi connectivity index (χ3v) is 3.20. The van der Waals surface area contributed by atoms with Gasteiger partial charge in [-0.15, -0.1) is 0 Å². The van der Waals surface area contributed by atoms with Gasteiger partial charge in [-0.25, -0.2) is 9.38 Å². The molecule has 1 aromatic heterocycles. The van der Waals surface area contributed by atoms with Crippen molar-refractivity contribution in [3.8, 4) is 0 Å². The Bertz CT molecular complexity index is 794. The zero-order valence-corrected chi connectivity index (χ0v) is 11.2. The van der Waals surface area contributed by atoms with Crippen LogP contribution in [0.5, 0.6) is 0 Å². The number of nitrogens with one attached hydrogen (secondary N) is 1. The van der Waals surface area contributed by atoms with Crippen molar-refractivity contribution in [2.75, 3.05) is 5.32 Å². The van der Waals surface area contributed by atoms with Gasteiger partial charge in [0.2, 0.25) is 0 Å². The van der Waals surface area contributed by atoms with Crippen LogP contribution < -0.4 is 10.9 Å². The number of amides is 1. The summed E-state index contributed by atoms with van der Waals surface area (Å²) in [6, 6.07) is 7.82. The van der Waals surface area contributed by atoms with Crippen LogP contribution in [0.15, 0.2) is 46.2 Å². The SMILES string of the molecule is Cc1cc2n(c(=O)c1)C(C(=O)Nc1ccc(F)cc1)C=N2. The van der Waals surface area contributed by atoms with Crippen LogP contribution in [0.25, 0.3) is 0 Å². The number of halogens is 1. The third kappa shape index (κ3) is 2.47. The van der Waals surface area contributed by atoms with Gasteiger partial charge in [0.05, 0.1) is 0 Å². The molecule has 6 heteroatoms. The van der Waals surface area contributed by atoms with Gasteiger partial charge in [0.1, 0.15) is 11.6 Å². The first kappa shape index (κ1) is 13.2. The highest BCUT2D eigenvalue weighted by atomic mass is 19.1. The van der Waals surface area contributed by atoms with Crippen molar-refractivity contribution in [3.63, 3.8) is 0 Å². The number of hydrogen-bond donors (Lipinski definition) is 1. The minimum atomic E-state index is -0.793. The molecule has 1 aliphatic rings. The smallest absolute Gasteiger partial charge is 0.253 e. The summed E-state index contributed by atoms with van der Waals surface area (Å²) >= 11 is 0. The normalized spacial score (nSPS) is 15.8. The number of aromatic nitrogens is 1. The number of aryl methyl sites for hydroxylation is 1. The predicted octanol–water partition coefficient (Wildman–Crippen LogP) is 2.19. The molecule has 106 valence electrons. The van der Waals surface area contributed by atoms with E-state index < -0.39 is 11.9 Å². The molecule has 1 atom stereocenters. The first-order valence-corrected chi connectivity index (χ1v) is 6.38. The van der Waals surface area contributed by atoms with Gasteiger partial charge in [0, 0.05) is 18.0 Å². The van der Waals surface area contributed by atoms with E-state index in [1.54, 1.807) is 13.0 Å². The topological polar surface area (TPSA) is 63.5 Å². The van der Waals surface area contributed by atoms with Gasteiger partial charge in [-0.2, -0.15) is 0 Å². The van der Waals surface area contributed by atoms with Crippen LogP contribution in [0, 0.1) is 12.7 Å². The van der Waals surface area contributed by atoms with Gasteiger partial charge in [-0.3, -0.25) is 14.2 Å². The Kier molecular flexibility index (Phi) is 3.13. The molecule has 0 saturated heterocycles. The largest absolute Gasteiger partial charge is 0.324 e. The van der Waals surface area contributed by atoms with Crippen LogP contribution in [0.3, 0.4) is 0 Å². The van der Waals surface area contributed by atoms with E-state index >= 15 is 0 Å². The van der Waals surface area contributed by atoms with Gasteiger partial charge in [0.15, 0.2) is 6.04 Å². The highest BCUT2D eigenvalue weighted by Gasteiger charge is 2.26. The van der Waals surface area contributed by atoms with Crippen molar-refractivity contribution >= 4 is 23.6 Å². The molecular weight excluding hydrogens is 273 g/mol. The molecule has 0 saturated carbocycles. The van der Waals surface area contributed by atoms with Gasteiger partial charge >= 0.3 is 0 Å². The minimum absolute atomic E-state index is 0.276. The predicted molar refractivity (Wildman–Crippen MR) is 77.7 cm³/mol. The van der Waals surface area contributed by atoms with Crippen LogP contribution in [-0.2, 0) is 4.79 Å². The summed E-state index contributed by atoms with van der Waals surface area (Å²) in [5, 5.41) is 2.64. The molecule has 0 spiro atoms. The molecule has 0 radical (unpaired) electrons. The lowest BCUT2D eigenvalue weighted by Gasteiger charge is -2.13. The summed E-state index contributed by atoms with van der Waals surface area (Å²) in [7, 11) is 0. The fourth-order valence-electron chi connectivity index (χ4n) is 2.22. The van der Waals surface area contributed by atoms with Crippen molar-refractivity contribution in [1.82, 2.24) is 4.57 Å². The maximum Gasteiger partial charge on any atom is 0.253 e. The number of aliphatic imine (C=N–C) groups is 1. The molecule has 2 heterocycles. The van der Waals surface area contributed by atoms with Gasteiger partial charge in [-0.1, -0.05) is 0 Å². The van der Waals surface area contributed by atoms with Crippen LogP contribution >= 0.6 is 0 Å². The van der Waals surface area contributed by atoms with Crippen LogP contribution in [0.2, 0.25) is 0 Å². The summed E-state index contributed by atoms with van der Waals surface area (Å²) in [6.45, 7) is 1.80. The van der Waals surface area contributed by atoms with Crippen molar-refractivity contribution in [3.05, 3.63) is 58.1 Å². The number of benzene rings is 1. The van der Waals surface area contributed by atoms with Gasteiger partial charge < -0.3 is 5.32 Å². The molecule has 1 amide bonds. The van der Waals surface area contributed by atoms with Gasteiger partial charge in [-0.05, 0) is 42.8 Å². The summed E-state index contributed by atoms with van der Waals surface area (Å²) in [6.07, 6.45) is 1.43. The molecule has 21 heavy (non-hydrogen) atoms. The molecule has 1 N–H and O–H groups in total. The standard InChI is InChI=1S/C15H12FN3O2/c1-9-6-13-17-8-12(19(13)14(20)7-9)15(21)18-11-4-2-10(16)3-5-11/h2-8,12H,1H3,(H,18,21). The van der Waals surface area contributed by atoms with E-state index in [1.165, 1.54) is 41.1 Å². The highest BCUT2D eigenvalue weighted by Crippen LogP contribution is 2.23. The Balaban J connectivity index is 1.87. The Labute approximate surface area is 119 Å². The summed E-state index contributed by atoms with van der Waals surface area (Å²) in [5.41, 5.74) is 0.980. The first-order valence-electron chi connectivity index (χ1n) is 6.38. The number of carbonyl (C=O) groups excluding carboxylic acids is 1. The second kappa shape index (κ2) is 4.97. The lowest BCUT2D eigenvalue weighted by Crippen LogP contribution is -2.31. The zero-order chi connectivity index (χ0) is 15.0. The zero-order valence-electron chi connectivity index (χ0n) is 11.2. The fourth-order valence-corrected chi connectivity index (χ4v) is 2.22. The number of nitrogens with zero attached hydrogens (tertiary/aromatic N) is 2. The maximum atomic E-state index is 12.8. The Morgan fingerprint density at radius 3 is 2.71 bits per heavy atom. The maximum absolute atomic E-state index is 12.8. The van der Waals surface area contributed by atoms with E-state index in [-0.39, 0.29) is 11.4 Å². The average Bonchev–Trinajstić information content (AvgIpc) is 2.85. The number of pyridine rings is 1. The Hall–Kier alpha value is -2.76. The van der Waals surface area contributed by atoms with Crippen molar-refractivity contribution in [1.29, 1.82) is 0 Å². The monoisotopic (exact) mass is 285 g/mol. The third-order valence-electron chi connectivity index (χ3n) is 3.20. The lowest BCUT2D eigenvalue weighted by molar-refractivity contribution is -0.117. The number of carbonyl (C=O) groups is 1. The van der Waals surface area contributed by atoms with E-state index in [2.05, 4.69) is 10.3 Å². The highest BCUT2D eigenvalue weighted by molar-refractivity contribution is 6.05. The minimum Gasteiger partial charge on any atom is -0.324 e. The summed E-state index contributed by atoms with van der Waals surface area (Å²) in [4.78, 5) is 28.3. The first-order chi connectivity index (χ1) is 10.0. The molecule has 5 nitrogen and oxygen atoms in total. The summed E-state index contributed by atoms with van der Waals surface area (Å²) < 4.78 is 14.2. The molecule has 1 aliphatic heterocycles. The molecular formula is C15H12FN3O2. The lowest BCUT2D eigenvalue weighted by atomic mass is 10.2. The molecule has 3 rings (SSSR count). The van der Waals surface area contributed by atoms with Crippen LogP contribution in [-0.4, -0.2) is 16.7 Å². The van der Waals surface area contributed by atoms with Crippen molar-refractivity contribution in [2.24, 2.45) is 4.99 Å². The van der Waals surface area contributed by atoms with Crippen molar-refractivity contribution in [2.45, 2.75) is 13.0 Å². The average molecular weight is 285 g/mol. The molecule has 0 aliphatic carbocycles. The van der Waals surface area contributed by atoms with E-state index in [1.807, 2.05) is 0 Å². The number of hydrogen-bond acceptors (Lipinski definition) is 3. The number of rotatable bonds is 2. The van der Waals surface area contributed by atoms with Crippen LogP contribution in [0.4, 0.5) is 15.9 Å². The number of anilines is 1. The second-order valence-electron chi connectivity index (χ2n) is 4.82. The molecule has 1 unspecified atom stereocenters. The second-order valence-corrected chi connectivity index (χ2v) is 4.82. The van der Waals surface area contributed by atoms with E-state index in [9.17, 15) is 14.0 Å². The Morgan fingerprint density at radius 2 is 2.00 bits per heavy atom. The van der Waals surface area contributed by atoms with E-state index in [4.69, 9.17) is 0 Å². The molecule has 0 fully saturated rings. The van der Waals surface area contributed by atoms with E-state index in [0.29, 0.717) is 11.5 Å². The fraction of sp³-hybridized carbons (Fsp3) is 0.133. The van der Waals surface area contributed by atoms with E-state index in [0.717, 1.165) is 5.56 Å². The quantitative estimate of drug-likeness (QED) is 0.919. The Morgan fingerprint density at radius 1 is 1.29 bits per heavy atom. The van der Waals surface area contributed by atoms with Gasteiger partial charge in [0.25, 0.3) is 11.5 Å². The molecule has 0 bridgehead atoms. The molecule has 1 aromatic carbocycles. The summed E-state index contributed by atoms with van der Waals surface area (Å²) in [5.74, 6) is -0.318.